The van der Waals surface area contributed by atoms with Crippen LogP contribution in [0, 0.1) is 0 Å². The third-order valence-corrected chi connectivity index (χ3v) is 7.76. The van der Waals surface area contributed by atoms with Gasteiger partial charge in [-0.1, -0.05) is 66.4 Å². The summed E-state index contributed by atoms with van der Waals surface area (Å²) < 4.78 is 2.07. The van der Waals surface area contributed by atoms with Crippen molar-refractivity contribution in [2.24, 2.45) is 0 Å². The smallest absolute Gasteiger partial charge is 0.230 e. The summed E-state index contributed by atoms with van der Waals surface area (Å²) in [4.78, 5) is 18.6. The van der Waals surface area contributed by atoms with Crippen molar-refractivity contribution in [1.82, 2.24) is 25.1 Å². The minimum Gasteiger partial charge on any atom is -0.348 e. The molecule has 2 aromatic carbocycles. The molecule has 5 aromatic rings. The number of carbonyl (C=O) groups excluding carboxylic acids is 1. The predicted molar refractivity (Wildman–Crippen MR) is 143 cm³/mol. The van der Waals surface area contributed by atoms with Crippen LogP contribution in [0.1, 0.15) is 24.8 Å². The Morgan fingerprint density at radius 1 is 1.06 bits per heavy atom. The number of nitrogens with one attached hydrogen (secondary N) is 1. The largest absolute Gasteiger partial charge is 0.348 e. The van der Waals surface area contributed by atoms with Gasteiger partial charge >= 0.3 is 0 Å². The lowest BCUT2D eigenvalue weighted by Crippen LogP contribution is -2.27. The first-order valence-electron chi connectivity index (χ1n) is 11.5. The van der Waals surface area contributed by atoms with Crippen LogP contribution in [-0.4, -0.2) is 31.4 Å². The van der Waals surface area contributed by atoms with Gasteiger partial charge in [-0.2, -0.15) is 0 Å². The Morgan fingerprint density at radius 3 is 2.63 bits per heavy atom. The van der Waals surface area contributed by atoms with E-state index in [1.165, 1.54) is 11.8 Å². The van der Waals surface area contributed by atoms with Crippen molar-refractivity contribution < 1.29 is 4.79 Å². The number of hydrogen-bond acceptors (Lipinski definition) is 6. The monoisotopic (exact) mass is 499 g/mol. The zero-order valence-electron chi connectivity index (χ0n) is 19.5. The average molecular weight is 500 g/mol. The molecule has 1 amide bonds. The molecule has 0 saturated heterocycles. The standard InChI is InChI=1S/C27H25N5OS2/c1-3-32-26(30-31-27(32)35-17-25(33)28-18(2)24-14-9-15-34-24)21-16-23(19-10-5-4-6-11-19)29-22-13-8-7-12-20(21)22/h4-16,18H,3,17H2,1-2H3,(H,28,33). The minimum absolute atomic E-state index is 0.0118. The van der Waals surface area contributed by atoms with Crippen LogP contribution in [0.15, 0.2) is 83.3 Å². The SMILES string of the molecule is CCn1c(SCC(=O)NC(C)c2cccs2)nnc1-c1cc(-c2ccccc2)nc2ccccc12. The van der Waals surface area contributed by atoms with E-state index in [0.29, 0.717) is 6.54 Å². The van der Waals surface area contributed by atoms with E-state index in [1.807, 2.05) is 60.8 Å². The van der Waals surface area contributed by atoms with Gasteiger partial charge < -0.3 is 9.88 Å². The molecule has 8 heteroatoms. The molecule has 0 spiro atoms. The fourth-order valence-corrected chi connectivity index (χ4v) is 5.57. The summed E-state index contributed by atoms with van der Waals surface area (Å²) >= 11 is 3.05. The lowest BCUT2D eigenvalue weighted by Gasteiger charge is -2.13. The molecule has 0 saturated carbocycles. The Balaban J connectivity index is 1.44. The first-order valence-corrected chi connectivity index (χ1v) is 13.3. The number of benzene rings is 2. The second-order valence-electron chi connectivity index (χ2n) is 8.08. The third kappa shape index (κ3) is 4.99. The number of thioether (sulfide) groups is 1. The highest BCUT2D eigenvalue weighted by molar-refractivity contribution is 7.99. The second kappa shape index (κ2) is 10.4. The average Bonchev–Trinajstić information content (AvgIpc) is 3.57. The number of pyridine rings is 1. The Kier molecular flexibility index (Phi) is 6.92. The van der Waals surface area contributed by atoms with Crippen molar-refractivity contribution in [3.8, 4) is 22.6 Å². The van der Waals surface area contributed by atoms with Crippen LogP contribution in [0.5, 0.6) is 0 Å². The highest BCUT2D eigenvalue weighted by atomic mass is 32.2. The van der Waals surface area contributed by atoms with Crippen LogP contribution in [0.2, 0.25) is 0 Å². The zero-order chi connectivity index (χ0) is 24.2. The number of aromatic nitrogens is 4. The highest BCUT2D eigenvalue weighted by Gasteiger charge is 2.19. The first-order chi connectivity index (χ1) is 17.1. The van der Waals surface area contributed by atoms with Crippen molar-refractivity contribution in [3.05, 3.63) is 83.1 Å². The maximum atomic E-state index is 12.6. The van der Waals surface area contributed by atoms with E-state index >= 15 is 0 Å². The molecule has 3 aromatic heterocycles. The number of thiophene rings is 1. The molecule has 1 N–H and O–H groups in total. The first kappa shape index (κ1) is 23.3. The number of rotatable bonds is 8. The van der Waals surface area contributed by atoms with Gasteiger partial charge in [-0.25, -0.2) is 4.98 Å². The van der Waals surface area contributed by atoms with Gasteiger partial charge in [-0.15, -0.1) is 21.5 Å². The quantitative estimate of drug-likeness (QED) is 0.257. The van der Waals surface area contributed by atoms with Gasteiger partial charge in [0, 0.05) is 27.9 Å². The van der Waals surface area contributed by atoms with Crippen molar-refractivity contribution >= 4 is 39.9 Å². The van der Waals surface area contributed by atoms with Crippen LogP contribution in [0.3, 0.4) is 0 Å². The summed E-state index contributed by atoms with van der Waals surface area (Å²) in [6.07, 6.45) is 0. The van der Waals surface area contributed by atoms with Gasteiger partial charge in [0.05, 0.1) is 23.0 Å². The van der Waals surface area contributed by atoms with Crippen molar-refractivity contribution in [2.45, 2.75) is 31.6 Å². The molecule has 1 atom stereocenters. The summed E-state index contributed by atoms with van der Waals surface area (Å²) in [6, 6.07) is 24.3. The Morgan fingerprint density at radius 2 is 1.86 bits per heavy atom. The van der Waals surface area contributed by atoms with E-state index in [2.05, 4.69) is 51.3 Å². The summed E-state index contributed by atoms with van der Waals surface area (Å²) in [6.45, 7) is 4.76. The van der Waals surface area contributed by atoms with E-state index in [0.717, 1.165) is 43.6 Å². The molecule has 5 rings (SSSR count). The van der Waals surface area contributed by atoms with Crippen LogP contribution >= 0.6 is 23.1 Å². The molecule has 6 nitrogen and oxygen atoms in total. The Hall–Kier alpha value is -3.49. The molecule has 0 fully saturated rings. The van der Waals surface area contributed by atoms with Gasteiger partial charge in [0.2, 0.25) is 5.91 Å². The third-order valence-electron chi connectivity index (χ3n) is 5.74. The zero-order valence-corrected chi connectivity index (χ0v) is 21.1. The van der Waals surface area contributed by atoms with Crippen molar-refractivity contribution in [3.63, 3.8) is 0 Å². The number of nitrogens with zero attached hydrogens (tertiary/aromatic N) is 4. The van der Waals surface area contributed by atoms with Crippen LogP contribution in [0.4, 0.5) is 0 Å². The van der Waals surface area contributed by atoms with E-state index in [1.54, 1.807) is 11.3 Å². The van der Waals surface area contributed by atoms with Crippen molar-refractivity contribution in [1.29, 1.82) is 0 Å². The Bertz CT molecular complexity index is 1450. The fraction of sp³-hybridized carbons (Fsp3) is 0.185. The molecule has 0 radical (unpaired) electrons. The molecule has 0 aliphatic heterocycles. The molecule has 35 heavy (non-hydrogen) atoms. The maximum absolute atomic E-state index is 12.6. The molecule has 0 bridgehead atoms. The molecule has 0 aliphatic carbocycles. The van der Waals surface area contributed by atoms with Gasteiger partial charge in [-0.05, 0) is 37.4 Å². The van der Waals surface area contributed by atoms with Gasteiger partial charge in [0.15, 0.2) is 11.0 Å². The summed E-state index contributed by atoms with van der Waals surface area (Å²) in [5.41, 5.74) is 3.83. The number of para-hydroxylation sites is 1. The van der Waals surface area contributed by atoms with Gasteiger partial charge in [0.25, 0.3) is 0 Å². The topological polar surface area (TPSA) is 72.7 Å². The summed E-state index contributed by atoms with van der Waals surface area (Å²) in [7, 11) is 0. The van der Waals surface area contributed by atoms with E-state index < -0.39 is 0 Å². The molecule has 176 valence electrons. The lowest BCUT2D eigenvalue weighted by molar-refractivity contribution is -0.119. The van der Waals surface area contributed by atoms with Gasteiger partial charge in [0.1, 0.15) is 0 Å². The Labute approximate surface area is 212 Å². The number of amides is 1. The maximum Gasteiger partial charge on any atom is 0.230 e. The molecular formula is C27H25N5OS2. The van der Waals surface area contributed by atoms with Crippen LogP contribution in [-0.2, 0) is 11.3 Å². The van der Waals surface area contributed by atoms with Crippen LogP contribution in [0.25, 0.3) is 33.5 Å². The van der Waals surface area contributed by atoms with E-state index in [-0.39, 0.29) is 17.7 Å². The lowest BCUT2D eigenvalue weighted by atomic mass is 10.0. The summed E-state index contributed by atoms with van der Waals surface area (Å²) in [5.74, 6) is 1.03. The highest BCUT2D eigenvalue weighted by Crippen LogP contribution is 2.33. The molecule has 0 aliphatic rings. The van der Waals surface area contributed by atoms with Gasteiger partial charge in [-0.3, -0.25) is 4.79 Å². The van der Waals surface area contributed by atoms with E-state index in [9.17, 15) is 4.79 Å². The number of carbonyl (C=O) groups is 1. The van der Waals surface area contributed by atoms with E-state index in [4.69, 9.17) is 4.98 Å². The number of fused-ring (bicyclic) bond motifs is 1. The van der Waals surface area contributed by atoms with Crippen LogP contribution < -0.4 is 5.32 Å². The molecular weight excluding hydrogens is 474 g/mol. The molecule has 1 unspecified atom stereocenters. The summed E-state index contributed by atoms with van der Waals surface area (Å²) in [5, 5.41) is 15.8. The predicted octanol–water partition coefficient (Wildman–Crippen LogP) is 6.21. The number of hydrogen-bond donors (Lipinski definition) is 1. The minimum atomic E-state index is -0.0242. The second-order valence-corrected chi connectivity index (χ2v) is 10.0. The fourth-order valence-electron chi connectivity index (χ4n) is 4.02. The normalized spacial score (nSPS) is 12.1. The molecule has 3 heterocycles. The van der Waals surface area contributed by atoms with Crippen molar-refractivity contribution in [2.75, 3.05) is 5.75 Å².